The fourth-order valence-electron chi connectivity index (χ4n) is 3.22. The predicted molar refractivity (Wildman–Crippen MR) is 116 cm³/mol. The average Bonchev–Trinajstić information content (AvgIpc) is 3.14. The highest BCUT2D eigenvalue weighted by molar-refractivity contribution is 7.89. The van der Waals surface area contributed by atoms with E-state index >= 15 is 0 Å². The molecule has 0 spiro atoms. The number of alkyl halides is 3. The lowest BCUT2D eigenvalue weighted by Gasteiger charge is -2.23. The summed E-state index contributed by atoms with van der Waals surface area (Å²) in [5, 5.41) is -0.543. The molecule has 0 saturated carbocycles. The zero-order chi connectivity index (χ0) is 24.6. The fourth-order valence-corrected chi connectivity index (χ4v) is 6.19. The Labute approximate surface area is 194 Å². The van der Waals surface area contributed by atoms with Gasteiger partial charge in [-0.15, -0.1) is 4.83 Å². The van der Waals surface area contributed by atoms with Gasteiger partial charge in [-0.25, -0.2) is 16.8 Å². The first-order valence-electron chi connectivity index (χ1n) is 9.47. The molecule has 0 radical (unpaired) electrons. The van der Waals surface area contributed by atoms with Crippen LogP contribution < -0.4 is 10.3 Å². The molecule has 2 aromatic carbocycles. The first-order valence-corrected chi connectivity index (χ1v) is 12.9. The molecule has 1 aliphatic rings. The monoisotopic (exact) mass is 523 g/mol. The number of aryl methyl sites for hydroxylation is 1. The van der Waals surface area contributed by atoms with E-state index in [0.717, 1.165) is 22.0 Å². The SMILES string of the molecule is Cc1ccc(S(=O)(=O)NNC(=O)[C@@H]2C[C@@H](S)CN2S(=O)(=O)c2ccc(C(F)(F)F)cc2)cc1. The number of carbonyl (C=O) groups is 1. The Kier molecular flexibility index (Phi) is 7.15. The van der Waals surface area contributed by atoms with Crippen LogP contribution in [0.3, 0.4) is 0 Å². The molecule has 3 rings (SSSR count). The molecule has 14 heteroatoms. The molecular weight excluding hydrogens is 503 g/mol. The number of rotatable bonds is 6. The number of nitrogens with zero attached hydrogens (tertiary/aromatic N) is 1. The van der Waals surface area contributed by atoms with Crippen LogP contribution in [-0.2, 0) is 31.0 Å². The van der Waals surface area contributed by atoms with Crippen molar-refractivity contribution >= 4 is 38.6 Å². The van der Waals surface area contributed by atoms with Crippen LogP contribution in [0, 0.1) is 6.92 Å². The Morgan fingerprint density at radius 3 is 2.09 bits per heavy atom. The van der Waals surface area contributed by atoms with Crippen LogP contribution in [0.5, 0.6) is 0 Å². The summed E-state index contributed by atoms with van der Waals surface area (Å²) < 4.78 is 89.9. The zero-order valence-corrected chi connectivity index (χ0v) is 19.6. The Balaban J connectivity index is 1.78. The topological polar surface area (TPSA) is 113 Å². The summed E-state index contributed by atoms with van der Waals surface area (Å²) in [4.78, 5) is 14.0. The normalized spacial score (nSPS) is 20.0. The highest BCUT2D eigenvalue weighted by Gasteiger charge is 2.43. The molecule has 2 aromatic rings. The van der Waals surface area contributed by atoms with Crippen molar-refractivity contribution in [3.05, 3.63) is 59.7 Å². The van der Waals surface area contributed by atoms with Gasteiger partial charge in [0.15, 0.2) is 0 Å². The number of nitrogens with one attached hydrogen (secondary N) is 2. The van der Waals surface area contributed by atoms with Crippen molar-refractivity contribution in [1.29, 1.82) is 0 Å². The third kappa shape index (κ3) is 5.69. The smallest absolute Gasteiger partial charge is 0.276 e. The molecule has 1 saturated heterocycles. The first kappa shape index (κ1) is 25.5. The van der Waals surface area contributed by atoms with Gasteiger partial charge in [0.25, 0.3) is 15.9 Å². The van der Waals surface area contributed by atoms with Crippen LogP contribution in [0.2, 0.25) is 0 Å². The molecule has 8 nitrogen and oxygen atoms in total. The first-order chi connectivity index (χ1) is 15.2. The number of benzene rings is 2. The van der Waals surface area contributed by atoms with Gasteiger partial charge in [-0.1, -0.05) is 17.7 Å². The van der Waals surface area contributed by atoms with Crippen molar-refractivity contribution < 1.29 is 34.8 Å². The minimum atomic E-state index is -4.64. The quantitative estimate of drug-likeness (QED) is 0.397. The summed E-state index contributed by atoms with van der Waals surface area (Å²) in [6.45, 7) is 1.58. The third-order valence-electron chi connectivity index (χ3n) is 4.96. The van der Waals surface area contributed by atoms with E-state index < -0.39 is 53.9 Å². The number of hydrogen-bond donors (Lipinski definition) is 3. The van der Waals surface area contributed by atoms with Gasteiger partial charge in [0, 0.05) is 11.8 Å². The van der Waals surface area contributed by atoms with Gasteiger partial charge in [0.1, 0.15) is 6.04 Å². The number of amides is 1. The molecule has 0 bridgehead atoms. The zero-order valence-electron chi connectivity index (χ0n) is 17.1. The fraction of sp³-hybridized carbons (Fsp3) is 0.316. The minimum Gasteiger partial charge on any atom is -0.276 e. The van der Waals surface area contributed by atoms with Crippen molar-refractivity contribution in [2.24, 2.45) is 0 Å². The lowest BCUT2D eigenvalue weighted by atomic mass is 10.2. The van der Waals surface area contributed by atoms with Gasteiger partial charge < -0.3 is 0 Å². The predicted octanol–water partition coefficient (Wildman–Crippen LogP) is 2.08. The number of sulfonamides is 2. The van der Waals surface area contributed by atoms with Gasteiger partial charge in [-0.2, -0.15) is 30.1 Å². The van der Waals surface area contributed by atoms with E-state index in [1.54, 1.807) is 19.1 Å². The van der Waals surface area contributed by atoms with E-state index in [9.17, 15) is 34.8 Å². The van der Waals surface area contributed by atoms with Crippen molar-refractivity contribution in [3.8, 4) is 0 Å². The molecule has 0 aliphatic carbocycles. The van der Waals surface area contributed by atoms with Gasteiger partial charge in [0.2, 0.25) is 10.0 Å². The molecule has 0 aromatic heterocycles. The van der Waals surface area contributed by atoms with Crippen molar-refractivity contribution in [2.45, 2.75) is 40.6 Å². The Morgan fingerprint density at radius 2 is 1.55 bits per heavy atom. The van der Waals surface area contributed by atoms with Gasteiger partial charge in [-0.05, 0) is 49.7 Å². The molecule has 2 atom stereocenters. The second kappa shape index (κ2) is 9.25. The number of carbonyl (C=O) groups excluding carboxylic acids is 1. The van der Waals surface area contributed by atoms with Crippen LogP contribution in [0.25, 0.3) is 0 Å². The average molecular weight is 524 g/mol. The number of thiol groups is 1. The highest BCUT2D eigenvalue weighted by atomic mass is 32.2. The van der Waals surface area contributed by atoms with E-state index in [-0.39, 0.29) is 17.9 Å². The summed E-state index contributed by atoms with van der Waals surface area (Å²) in [6.07, 6.45) is -4.66. The second-order valence-electron chi connectivity index (χ2n) is 7.41. The Morgan fingerprint density at radius 1 is 1.00 bits per heavy atom. The van der Waals surface area contributed by atoms with Crippen molar-refractivity contribution in [2.75, 3.05) is 6.54 Å². The Hall–Kier alpha value is -2.13. The molecule has 1 amide bonds. The van der Waals surface area contributed by atoms with E-state index in [0.29, 0.717) is 12.1 Å². The summed E-state index contributed by atoms with van der Waals surface area (Å²) in [7, 11) is -8.47. The van der Waals surface area contributed by atoms with Crippen LogP contribution in [0.15, 0.2) is 58.3 Å². The Bertz CT molecular complexity index is 1230. The number of hydrazine groups is 1. The molecule has 1 aliphatic heterocycles. The molecule has 2 N–H and O–H groups in total. The summed E-state index contributed by atoms with van der Waals surface area (Å²) in [5.41, 5.74) is 1.82. The third-order valence-corrected chi connectivity index (χ3v) is 8.49. The lowest BCUT2D eigenvalue weighted by molar-refractivity contribution is -0.137. The summed E-state index contributed by atoms with van der Waals surface area (Å²) in [6, 6.07) is 7.36. The molecule has 1 heterocycles. The minimum absolute atomic E-state index is 0.0267. The number of halogens is 3. The second-order valence-corrected chi connectivity index (χ2v) is 11.7. The molecule has 180 valence electrons. The maximum atomic E-state index is 13.0. The van der Waals surface area contributed by atoms with Gasteiger partial charge >= 0.3 is 6.18 Å². The van der Waals surface area contributed by atoms with Crippen LogP contribution in [0.4, 0.5) is 13.2 Å². The molecule has 33 heavy (non-hydrogen) atoms. The van der Waals surface area contributed by atoms with Gasteiger partial charge in [-0.3, -0.25) is 10.2 Å². The standard InChI is InChI=1S/C19H20F3N3O5S3/c1-12-2-6-15(7-3-12)32(27,28)24-23-18(26)17-10-14(31)11-25(17)33(29,30)16-8-4-13(5-9-16)19(20,21)22/h2-9,14,17,24,31H,10-11H2,1H3,(H,23,26)/t14-,17+/m1/s1. The van der Waals surface area contributed by atoms with E-state index in [2.05, 4.69) is 12.6 Å². The number of hydrogen-bond acceptors (Lipinski definition) is 6. The van der Waals surface area contributed by atoms with Crippen molar-refractivity contribution in [3.63, 3.8) is 0 Å². The van der Waals surface area contributed by atoms with Crippen LogP contribution in [-0.4, -0.2) is 44.9 Å². The maximum absolute atomic E-state index is 13.0. The van der Waals surface area contributed by atoms with E-state index in [4.69, 9.17) is 0 Å². The summed E-state index contributed by atoms with van der Waals surface area (Å²) in [5.74, 6) is -0.947. The van der Waals surface area contributed by atoms with Gasteiger partial charge in [0.05, 0.1) is 15.4 Å². The molecular formula is C19H20F3N3O5S3. The molecule has 1 fully saturated rings. The van der Waals surface area contributed by atoms with E-state index in [1.807, 2.05) is 10.3 Å². The largest absolute Gasteiger partial charge is 0.416 e. The van der Waals surface area contributed by atoms with Crippen LogP contribution in [0.1, 0.15) is 17.5 Å². The maximum Gasteiger partial charge on any atom is 0.416 e. The van der Waals surface area contributed by atoms with Crippen molar-refractivity contribution in [1.82, 2.24) is 14.6 Å². The summed E-state index contributed by atoms with van der Waals surface area (Å²) >= 11 is 4.22. The van der Waals surface area contributed by atoms with Crippen LogP contribution >= 0.6 is 12.6 Å². The highest BCUT2D eigenvalue weighted by Crippen LogP contribution is 2.32. The van der Waals surface area contributed by atoms with E-state index in [1.165, 1.54) is 12.1 Å². The molecule has 0 unspecified atom stereocenters. The lowest BCUT2D eigenvalue weighted by Crippen LogP contribution is -2.51.